The highest BCUT2D eigenvalue weighted by Gasteiger charge is 2.35. The Hall–Kier alpha value is -2.12. The van der Waals surface area contributed by atoms with E-state index >= 15 is 0 Å². The molecule has 1 atom stereocenters. The van der Waals surface area contributed by atoms with Crippen LogP contribution in [0.2, 0.25) is 0 Å². The van der Waals surface area contributed by atoms with E-state index in [1.165, 1.54) is 4.91 Å². The van der Waals surface area contributed by atoms with Gasteiger partial charge in [-0.25, -0.2) is 0 Å². The molecular formula is C18H18BrN5S. The zero-order chi connectivity index (χ0) is 16.5. The maximum absolute atomic E-state index is 4.48. The molecule has 7 heteroatoms. The van der Waals surface area contributed by atoms with Crippen LogP contribution in [0.1, 0.15) is 12.4 Å². The molecule has 0 radical (unpaired) electrons. The highest BCUT2D eigenvalue weighted by atomic mass is 79.9. The summed E-state index contributed by atoms with van der Waals surface area (Å²) in [5.74, 6) is 0.854. The summed E-state index contributed by atoms with van der Waals surface area (Å²) in [5, 5.41) is 8.91. The van der Waals surface area contributed by atoms with E-state index < -0.39 is 0 Å². The van der Waals surface area contributed by atoms with Gasteiger partial charge in [-0.2, -0.15) is 0 Å². The topological polar surface area (TPSA) is 37.8 Å². The van der Waals surface area contributed by atoms with Crippen molar-refractivity contribution >= 4 is 11.8 Å². The van der Waals surface area contributed by atoms with Crippen LogP contribution in [-0.2, 0) is 0 Å². The first-order chi connectivity index (χ1) is 11.7. The molecule has 0 saturated heterocycles. The molecule has 3 aromatic rings. The second-order valence-electron chi connectivity index (χ2n) is 5.70. The quantitative estimate of drug-likeness (QED) is 0.573. The summed E-state index contributed by atoms with van der Waals surface area (Å²) in [6.45, 7) is 2.13. The standard InChI is InChI=1S/C18H18N5S.BrH/c1-14-13-21(2)18(24-14)22-17(15-9-5-3-6-10-15)19-20-23(22)16-11-7-4-8-12-16;/h3-13,18H,1-2H3;1H/q+1;/p-1. The Morgan fingerprint density at radius 2 is 1.64 bits per heavy atom. The first-order valence-electron chi connectivity index (χ1n) is 7.79. The molecule has 1 unspecified atom stereocenters. The average molecular weight is 416 g/mol. The van der Waals surface area contributed by atoms with Crippen molar-refractivity contribution in [1.29, 1.82) is 0 Å². The molecule has 25 heavy (non-hydrogen) atoms. The van der Waals surface area contributed by atoms with Crippen LogP contribution in [0.3, 0.4) is 0 Å². The highest BCUT2D eigenvalue weighted by Crippen LogP contribution is 2.36. The van der Waals surface area contributed by atoms with Gasteiger partial charge in [0.05, 0.1) is 5.56 Å². The molecule has 0 N–H and O–H groups in total. The number of para-hydroxylation sites is 1. The van der Waals surface area contributed by atoms with Gasteiger partial charge in [0.25, 0.3) is 0 Å². The van der Waals surface area contributed by atoms with Crippen molar-refractivity contribution in [2.75, 3.05) is 7.05 Å². The van der Waals surface area contributed by atoms with Gasteiger partial charge in [0.1, 0.15) is 10.8 Å². The van der Waals surface area contributed by atoms with E-state index in [2.05, 4.69) is 52.2 Å². The zero-order valence-electron chi connectivity index (χ0n) is 14.0. The molecule has 0 spiro atoms. The monoisotopic (exact) mass is 415 g/mol. The van der Waals surface area contributed by atoms with Crippen LogP contribution < -0.4 is 21.7 Å². The van der Waals surface area contributed by atoms with E-state index in [9.17, 15) is 0 Å². The van der Waals surface area contributed by atoms with Gasteiger partial charge in [0.2, 0.25) is 5.50 Å². The lowest BCUT2D eigenvalue weighted by Gasteiger charge is -2.19. The van der Waals surface area contributed by atoms with Gasteiger partial charge in [0.15, 0.2) is 5.21 Å². The van der Waals surface area contributed by atoms with E-state index in [-0.39, 0.29) is 22.5 Å². The summed E-state index contributed by atoms with van der Waals surface area (Å²) < 4.78 is 2.14. The van der Waals surface area contributed by atoms with Crippen LogP contribution >= 0.6 is 11.8 Å². The normalized spacial score (nSPS) is 16.5. The van der Waals surface area contributed by atoms with Crippen LogP contribution in [0.15, 0.2) is 71.8 Å². The molecule has 0 fully saturated rings. The third-order valence-electron chi connectivity index (χ3n) is 3.90. The maximum Gasteiger partial charge on any atom is 0.335 e. The van der Waals surface area contributed by atoms with Crippen molar-refractivity contribution in [2.45, 2.75) is 12.4 Å². The maximum atomic E-state index is 4.48. The van der Waals surface area contributed by atoms with Crippen LogP contribution in [-0.4, -0.2) is 27.1 Å². The number of tetrazole rings is 1. The smallest absolute Gasteiger partial charge is 0.335 e. The Balaban J connectivity index is 0.00000182. The van der Waals surface area contributed by atoms with Crippen molar-refractivity contribution in [3.8, 4) is 17.1 Å². The van der Waals surface area contributed by atoms with Crippen LogP contribution in [0, 0.1) is 0 Å². The Morgan fingerprint density at radius 1 is 1.00 bits per heavy atom. The molecule has 0 bridgehead atoms. The zero-order valence-corrected chi connectivity index (χ0v) is 16.4. The largest absolute Gasteiger partial charge is 1.00 e. The summed E-state index contributed by atoms with van der Waals surface area (Å²) >= 11 is 1.80. The van der Waals surface area contributed by atoms with Crippen molar-refractivity contribution < 1.29 is 21.7 Å². The molecule has 128 valence electrons. The van der Waals surface area contributed by atoms with E-state index in [0.717, 1.165) is 17.1 Å². The highest BCUT2D eigenvalue weighted by molar-refractivity contribution is 8.03. The Kier molecular flexibility index (Phi) is 5.24. The number of thioether (sulfide) groups is 1. The second kappa shape index (κ2) is 7.41. The molecule has 1 aliphatic heterocycles. The summed E-state index contributed by atoms with van der Waals surface area (Å²) in [5.41, 5.74) is 2.12. The third-order valence-corrected chi connectivity index (χ3v) is 5.12. The summed E-state index contributed by atoms with van der Waals surface area (Å²) in [6, 6.07) is 20.3. The summed E-state index contributed by atoms with van der Waals surface area (Å²) in [6.07, 6.45) is 2.15. The van der Waals surface area contributed by atoms with E-state index in [1.54, 1.807) is 11.8 Å². The molecule has 2 heterocycles. The molecule has 4 rings (SSSR count). The lowest BCUT2D eigenvalue weighted by molar-refractivity contribution is -0.777. The number of allylic oxidation sites excluding steroid dienone is 1. The van der Waals surface area contributed by atoms with Crippen molar-refractivity contribution in [2.24, 2.45) is 0 Å². The minimum Gasteiger partial charge on any atom is -1.00 e. The minimum absolute atomic E-state index is 0. The van der Waals surface area contributed by atoms with Crippen LogP contribution in [0.5, 0.6) is 0 Å². The van der Waals surface area contributed by atoms with E-state index in [0.29, 0.717) is 0 Å². The molecule has 0 saturated carbocycles. The van der Waals surface area contributed by atoms with Gasteiger partial charge in [-0.05, 0) is 36.0 Å². The minimum atomic E-state index is 0. The van der Waals surface area contributed by atoms with Gasteiger partial charge >= 0.3 is 5.82 Å². The molecule has 1 aromatic heterocycles. The third kappa shape index (κ3) is 3.34. The van der Waals surface area contributed by atoms with Gasteiger partial charge in [-0.3, -0.25) is 0 Å². The molecule has 0 aliphatic carbocycles. The Morgan fingerprint density at radius 3 is 2.24 bits per heavy atom. The van der Waals surface area contributed by atoms with Crippen LogP contribution in [0.4, 0.5) is 0 Å². The van der Waals surface area contributed by atoms with Gasteiger partial charge in [0, 0.05) is 18.2 Å². The second-order valence-corrected chi connectivity index (χ2v) is 7.00. The van der Waals surface area contributed by atoms with Crippen molar-refractivity contribution in [1.82, 2.24) is 20.0 Å². The number of rotatable bonds is 3. The predicted molar refractivity (Wildman–Crippen MR) is 95.1 cm³/mol. The fraction of sp³-hybridized carbons (Fsp3) is 0.167. The summed E-state index contributed by atoms with van der Waals surface area (Å²) in [4.78, 5) is 5.34. The van der Waals surface area contributed by atoms with E-state index in [1.807, 2.05) is 53.3 Å². The van der Waals surface area contributed by atoms with Gasteiger partial charge in [-0.1, -0.05) is 48.2 Å². The van der Waals surface area contributed by atoms with E-state index in [4.69, 9.17) is 0 Å². The number of halogens is 1. The molecular weight excluding hydrogens is 398 g/mol. The average Bonchev–Trinajstić information content (AvgIpc) is 3.19. The molecule has 5 nitrogen and oxygen atoms in total. The molecule has 0 amide bonds. The lowest BCUT2D eigenvalue weighted by atomic mass is 10.2. The number of aromatic nitrogens is 4. The molecule has 1 aliphatic rings. The lowest BCUT2D eigenvalue weighted by Crippen LogP contribution is -3.00. The first kappa shape index (κ1) is 17.7. The van der Waals surface area contributed by atoms with Crippen LogP contribution in [0.25, 0.3) is 17.1 Å². The fourth-order valence-electron chi connectivity index (χ4n) is 2.83. The number of hydrogen-bond acceptors (Lipinski definition) is 4. The van der Waals surface area contributed by atoms with Crippen molar-refractivity contribution in [3.63, 3.8) is 0 Å². The Labute approximate surface area is 161 Å². The number of nitrogens with zero attached hydrogens (tertiary/aromatic N) is 5. The number of benzene rings is 2. The molecule has 2 aromatic carbocycles. The summed E-state index contributed by atoms with van der Waals surface area (Å²) in [7, 11) is 2.08. The first-order valence-corrected chi connectivity index (χ1v) is 8.67. The predicted octanol–water partition coefficient (Wildman–Crippen LogP) is 0.222. The number of hydrogen-bond donors (Lipinski definition) is 0. The van der Waals surface area contributed by atoms with Gasteiger partial charge < -0.3 is 21.9 Å². The fourth-order valence-corrected chi connectivity index (χ4v) is 3.90. The Bertz CT molecular complexity index is 822. The SMILES string of the molecule is CC1=CN(C)C([n+]2c(-c3ccccc3)nnn2-c2ccccc2)S1.[Br-]. The van der Waals surface area contributed by atoms with Gasteiger partial charge in [-0.15, -0.1) is 4.68 Å². The van der Waals surface area contributed by atoms with Crippen molar-refractivity contribution in [3.05, 3.63) is 71.8 Å².